The summed E-state index contributed by atoms with van der Waals surface area (Å²) in [4.78, 5) is 21.1. The minimum atomic E-state index is -1.70. The largest absolute Gasteiger partial charge is 0.480 e. The SMILES string of the molecule is CC(C)[C@H](N)C(=O)O.CCC(=O)CO[Si](C)(C)C(C)(C)C. The maximum absolute atomic E-state index is 11.1. The molecule has 0 aromatic heterocycles. The van der Waals surface area contributed by atoms with Crippen LogP contribution < -0.4 is 5.73 Å². The highest BCUT2D eigenvalue weighted by atomic mass is 28.4. The van der Waals surface area contributed by atoms with Gasteiger partial charge in [-0.25, -0.2) is 0 Å². The van der Waals surface area contributed by atoms with Crippen LogP contribution in [0.1, 0.15) is 48.0 Å². The Bertz CT molecular complexity index is 335. The Morgan fingerprint density at radius 3 is 1.86 bits per heavy atom. The number of carboxylic acid groups (broad SMARTS) is 1. The summed E-state index contributed by atoms with van der Waals surface area (Å²) >= 11 is 0. The Balaban J connectivity index is 0. The summed E-state index contributed by atoms with van der Waals surface area (Å²) in [5.74, 6) is -0.711. The standard InChI is InChI=1S/C10H22O2Si.C5H11NO2/c1-7-9(11)8-12-13(5,6)10(2,3)4;1-3(2)4(6)5(7)8/h7-8H2,1-6H3;3-4H,6H2,1-2H3,(H,7,8)/t;4-/m.0/s1. The number of hydrogen-bond donors (Lipinski definition) is 2. The van der Waals surface area contributed by atoms with E-state index in [0.29, 0.717) is 13.0 Å². The van der Waals surface area contributed by atoms with Crippen LogP contribution in [0.3, 0.4) is 0 Å². The van der Waals surface area contributed by atoms with Crippen LogP contribution in [0.25, 0.3) is 0 Å². The molecule has 6 heteroatoms. The van der Waals surface area contributed by atoms with E-state index in [4.69, 9.17) is 15.3 Å². The Labute approximate surface area is 130 Å². The lowest BCUT2D eigenvalue weighted by molar-refractivity contribution is -0.139. The average Bonchev–Trinajstić information content (AvgIpc) is 2.34. The molecule has 0 aliphatic heterocycles. The molecule has 0 amide bonds. The first-order valence-corrected chi connectivity index (χ1v) is 10.3. The minimum absolute atomic E-state index is 0.0208. The van der Waals surface area contributed by atoms with E-state index in [0.717, 1.165) is 0 Å². The molecule has 0 saturated carbocycles. The fraction of sp³-hybridized carbons (Fsp3) is 0.867. The van der Waals surface area contributed by atoms with Crippen molar-refractivity contribution in [1.29, 1.82) is 0 Å². The summed E-state index contributed by atoms with van der Waals surface area (Å²) in [5.41, 5.74) is 5.16. The van der Waals surface area contributed by atoms with Crippen molar-refractivity contribution in [3.8, 4) is 0 Å². The maximum Gasteiger partial charge on any atom is 0.320 e. The Hall–Kier alpha value is -0.723. The van der Waals surface area contributed by atoms with Crippen molar-refractivity contribution in [3.05, 3.63) is 0 Å². The maximum atomic E-state index is 11.1. The summed E-state index contributed by atoms with van der Waals surface area (Å²) in [6, 6.07) is -0.713. The molecular formula is C15H33NO4Si. The molecule has 0 heterocycles. The zero-order valence-corrected chi connectivity index (χ0v) is 15.8. The van der Waals surface area contributed by atoms with E-state index in [1.807, 2.05) is 6.92 Å². The number of carbonyl (C=O) groups excluding carboxylic acids is 1. The van der Waals surface area contributed by atoms with Crippen LogP contribution in [-0.4, -0.2) is 37.8 Å². The molecule has 0 aliphatic rings. The first-order valence-electron chi connectivity index (χ1n) is 7.40. The third-order valence-electron chi connectivity index (χ3n) is 3.80. The van der Waals surface area contributed by atoms with Gasteiger partial charge in [0, 0.05) is 6.42 Å². The highest BCUT2D eigenvalue weighted by Crippen LogP contribution is 2.36. The van der Waals surface area contributed by atoms with Gasteiger partial charge in [-0.1, -0.05) is 41.5 Å². The van der Waals surface area contributed by atoms with E-state index < -0.39 is 20.3 Å². The second kappa shape index (κ2) is 9.33. The van der Waals surface area contributed by atoms with Crippen LogP contribution in [-0.2, 0) is 14.0 Å². The molecule has 0 aromatic carbocycles. The molecule has 0 aromatic rings. The molecule has 0 fully saturated rings. The third kappa shape index (κ3) is 9.76. The molecule has 1 atom stereocenters. The number of carboxylic acids is 1. The van der Waals surface area contributed by atoms with E-state index in [1.165, 1.54) is 0 Å². The molecular weight excluding hydrogens is 286 g/mol. The smallest absolute Gasteiger partial charge is 0.320 e. The predicted octanol–water partition coefficient (Wildman–Crippen LogP) is 3.04. The van der Waals surface area contributed by atoms with Crippen LogP contribution in [0.5, 0.6) is 0 Å². The number of Topliss-reactive ketones (excluding diaryl/α,β-unsaturated/α-hetero) is 1. The summed E-state index contributed by atoms with van der Waals surface area (Å²) < 4.78 is 5.74. The topological polar surface area (TPSA) is 89.6 Å². The Morgan fingerprint density at radius 1 is 1.24 bits per heavy atom. The van der Waals surface area contributed by atoms with E-state index in [9.17, 15) is 9.59 Å². The number of ketones is 1. The van der Waals surface area contributed by atoms with Gasteiger partial charge < -0.3 is 15.3 Å². The van der Waals surface area contributed by atoms with Crippen molar-refractivity contribution in [1.82, 2.24) is 0 Å². The molecule has 126 valence electrons. The summed E-state index contributed by atoms with van der Waals surface area (Å²) in [7, 11) is -1.70. The van der Waals surface area contributed by atoms with Gasteiger partial charge in [0.1, 0.15) is 6.04 Å². The van der Waals surface area contributed by atoms with Gasteiger partial charge in [-0.05, 0) is 24.1 Å². The van der Waals surface area contributed by atoms with Crippen molar-refractivity contribution in [2.45, 2.75) is 72.1 Å². The molecule has 3 N–H and O–H groups in total. The van der Waals surface area contributed by atoms with Gasteiger partial charge in [0.25, 0.3) is 0 Å². The number of nitrogens with two attached hydrogens (primary N) is 1. The molecule has 5 nitrogen and oxygen atoms in total. The van der Waals surface area contributed by atoms with Crippen molar-refractivity contribution in [3.63, 3.8) is 0 Å². The lowest BCUT2D eigenvalue weighted by Gasteiger charge is -2.35. The van der Waals surface area contributed by atoms with Gasteiger partial charge >= 0.3 is 5.97 Å². The van der Waals surface area contributed by atoms with Gasteiger partial charge in [-0.15, -0.1) is 0 Å². The zero-order valence-electron chi connectivity index (χ0n) is 14.8. The van der Waals surface area contributed by atoms with E-state index in [-0.39, 0.29) is 16.7 Å². The second-order valence-electron chi connectivity index (χ2n) is 7.05. The summed E-state index contributed by atoms with van der Waals surface area (Å²) in [6.07, 6.45) is 0.578. The molecule has 0 bridgehead atoms. The van der Waals surface area contributed by atoms with Crippen LogP contribution in [0.15, 0.2) is 0 Å². The van der Waals surface area contributed by atoms with Gasteiger partial charge in [0.05, 0.1) is 6.61 Å². The monoisotopic (exact) mass is 319 g/mol. The van der Waals surface area contributed by atoms with Gasteiger partial charge in [-0.3, -0.25) is 9.59 Å². The number of rotatable bonds is 6. The van der Waals surface area contributed by atoms with Crippen molar-refractivity contribution >= 4 is 20.1 Å². The van der Waals surface area contributed by atoms with Crippen LogP contribution in [0, 0.1) is 5.92 Å². The number of carbonyl (C=O) groups is 2. The van der Waals surface area contributed by atoms with Crippen molar-refractivity contribution in [2.75, 3.05) is 6.61 Å². The average molecular weight is 320 g/mol. The first kappa shape index (κ1) is 22.6. The fourth-order valence-electron chi connectivity index (χ4n) is 0.865. The highest BCUT2D eigenvalue weighted by molar-refractivity contribution is 6.74. The van der Waals surface area contributed by atoms with Crippen LogP contribution >= 0.6 is 0 Å². The van der Waals surface area contributed by atoms with E-state index in [2.05, 4.69) is 33.9 Å². The van der Waals surface area contributed by atoms with Gasteiger partial charge in [0.2, 0.25) is 0 Å². The highest BCUT2D eigenvalue weighted by Gasteiger charge is 2.37. The summed E-state index contributed by atoms with van der Waals surface area (Å²) in [6.45, 7) is 16.6. The predicted molar refractivity (Wildman–Crippen MR) is 88.9 cm³/mol. The normalized spacial score (nSPS) is 13.4. The second-order valence-corrected chi connectivity index (χ2v) is 11.9. The molecule has 0 unspecified atom stereocenters. The van der Waals surface area contributed by atoms with Gasteiger partial charge in [-0.2, -0.15) is 0 Å². The van der Waals surface area contributed by atoms with Crippen molar-refractivity contribution in [2.24, 2.45) is 11.7 Å². The minimum Gasteiger partial charge on any atom is -0.480 e. The van der Waals surface area contributed by atoms with Gasteiger partial charge in [0.15, 0.2) is 14.1 Å². The molecule has 21 heavy (non-hydrogen) atoms. The van der Waals surface area contributed by atoms with E-state index in [1.54, 1.807) is 13.8 Å². The Morgan fingerprint density at radius 2 is 1.67 bits per heavy atom. The zero-order chi connectivity index (χ0) is 17.4. The number of aliphatic carboxylic acids is 1. The van der Waals surface area contributed by atoms with Crippen LogP contribution in [0.4, 0.5) is 0 Å². The molecule has 0 saturated heterocycles. The first-order chi connectivity index (χ1) is 9.26. The number of hydrogen-bond acceptors (Lipinski definition) is 4. The van der Waals surface area contributed by atoms with Crippen molar-refractivity contribution < 1.29 is 19.1 Å². The quantitative estimate of drug-likeness (QED) is 0.734. The lowest BCUT2D eigenvalue weighted by atomic mass is 10.1. The molecule has 0 aliphatic carbocycles. The lowest BCUT2D eigenvalue weighted by Crippen LogP contribution is -2.42. The van der Waals surface area contributed by atoms with E-state index >= 15 is 0 Å². The molecule has 0 rings (SSSR count). The molecule has 0 spiro atoms. The van der Waals surface area contributed by atoms with Crippen LogP contribution in [0.2, 0.25) is 18.1 Å². The fourth-order valence-corrected chi connectivity index (χ4v) is 1.82. The Kier molecular flexibility index (Phi) is 10.0. The summed E-state index contributed by atoms with van der Waals surface area (Å²) in [5, 5.41) is 8.42. The molecule has 0 radical (unpaired) electrons. The third-order valence-corrected chi connectivity index (χ3v) is 8.28.